The van der Waals surface area contributed by atoms with Crippen LogP contribution in [0.25, 0.3) is 17.4 Å². The van der Waals surface area contributed by atoms with E-state index in [2.05, 4.69) is 0 Å². The maximum absolute atomic E-state index is 12.9. The number of ether oxygens (including phenoxy) is 2. The molecule has 2 aliphatic heterocycles. The van der Waals surface area contributed by atoms with Crippen LogP contribution < -0.4 is 9.47 Å². The number of fused-ring (bicyclic) bond motifs is 1. The summed E-state index contributed by atoms with van der Waals surface area (Å²) in [6, 6.07) is 11.4. The second kappa shape index (κ2) is 8.58. The van der Waals surface area contributed by atoms with E-state index in [1.807, 2.05) is 0 Å². The zero-order valence-electron chi connectivity index (χ0n) is 17.7. The van der Waals surface area contributed by atoms with Gasteiger partial charge < -0.3 is 19.0 Å². The van der Waals surface area contributed by atoms with E-state index >= 15 is 0 Å². The van der Waals surface area contributed by atoms with Crippen LogP contribution in [0.2, 0.25) is 5.02 Å². The van der Waals surface area contributed by atoms with Gasteiger partial charge in [-0.1, -0.05) is 17.7 Å². The fourth-order valence-corrected chi connectivity index (χ4v) is 4.70. The number of aryl methyl sites for hydroxylation is 1. The van der Waals surface area contributed by atoms with Crippen molar-refractivity contribution in [3.05, 3.63) is 74.8 Å². The van der Waals surface area contributed by atoms with Crippen LogP contribution in [0.15, 0.2) is 51.8 Å². The van der Waals surface area contributed by atoms with Gasteiger partial charge in [-0.3, -0.25) is 14.5 Å². The number of carbonyl (C=O) groups is 3. The lowest BCUT2D eigenvalue weighted by atomic mass is 10.0. The molecule has 1 aromatic heterocycles. The fourth-order valence-electron chi connectivity index (χ4n) is 3.66. The van der Waals surface area contributed by atoms with Crippen LogP contribution in [-0.4, -0.2) is 33.9 Å². The third-order valence-corrected chi connectivity index (χ3v) is 6.64. The zero-order valence-corrected chi connectivity index (χ0v) is 19.2. The van der Waals surface area contributed by atoms with Crippen LogP contribution in [-0.2, 0) is 11.3 Å². The van der Waals surface area contributed by atoms with Gasteiger partial charge in [0.25, 0.3) is 11.1 Å². The molecule has 8 nitrogen and oxygen atoms in total. The maximum atomic E-state index is 12.9. The average Bonchev–Trinajstić information content (AvgIpc) is 3.50. The number of hydrogen-bond acceptors (Lipinski definition) is 7. The van der Waals surface area contributed by atoms with Crippen molar-refractivity contribution in [2.45, 2.75) is 13.5 Å². The monoisotopic (exact) mass is 497 g/mol. The molecule has 0 saturated carbocycles. The molecule has 0 aliphatic carbocycles. The Bertz CT molecular complexity index is 1390. The molecule has 1 fully saturated rings. The molecule has 2 aromatic carbocycles. The molecule has 0 spiro atoms. The number of halogens is 1. The summed E-state index contributed by atoms with van der Waals surface area (Å²) in [5.41, 5.74) is 2.22. The molecule has 34 heavy (non-hydrogen) atoms. The van der Waals surface area contributed by atoms with Crippen molar-refractivity contribution < 1.29 is 33.4 Å². The van der Waals surface area contributed by atoms with Crippen molar-refractivity contribution in [3.63, 3.8) is 0 Å². The number of carboxylic acids is 1. The highest BCUT2D eigenvalue weighted by Gasteiger charge is 2.36. The summed E-state index contributed by atoms with van der Waals surface area (Å²) in [5.74, 6) is 0.479. The Hall–Kier alpha value is -3.69. The highest BCUT2D eigenvalue weighted by molar-refractivity contribution is 8.18. The topological polar surface area (TPSA) is 106 Å². The molecule has 1 N–H and O–H groups in total. The Kier molecular flexibility index (Phi) is 5.59. The van der Waals surface area contributed by atoms with Crippen LogP contribution in [0.3, 0.4) is 0 Å². The average molecular weight is 498 g/mol. The maximum Gasteiger partial charge on any atom is 0.335 e. The lowest BCUT2D eigenvalue weighted by Gasteiger charge is -2.14. The minimum Gasteiger partial charge on any atom is -0.478 e. The number of thioether (sulfide) groups is 1. The normalized spacial score (nSPS) is 16.1. The van der Waals surface area contributed by atoms with Crippen LogP contribution in [0.4, 0.5) is 4.79 Å². The molecule has 0 bridgehead atoms. The summed E-state index contributed by atoms with van der Waals surface area (Å²) >= 11 is 7.11. The number of amides is 2. The first kappa shape index (κ1) is 22.1. The Balaban J connectivity index is 1.36. The molecule has 10 heteroatoms. The van der Waals surface area contributed by atoms with Crippen LogP contribution in [0.1, 0.15) is 27.2 Å². The summed E-state index contributed by atoms with van der Waals surface area (Å²) in [4.78, 5) is 37.9. The van der Waals surface area contributed by atoms with Gasteiger partial charge in [-0.2, -0.15) is 0 Å². The minimum atomic E-state index is -1.01. The molecule has 5 rings (SSSR count). The van der Waals surface area contributed by atoms with E-state index in [1.54, 1.807) is 43.3 Å². The second-order valence-electron chi connectivity index (χ2n) is 7.60. The summed E-state index contributed by atoms with van der Waals surface area (Å²) < 4.78 is 16.5. The number of furan rings is 1. The molecular formula is C24H16ClNO7S. The third kappa shape index (κ3) is 4.04. The smallest absolute Gasteiger partial charge is 0.335 e. The van der Waals surface area contributed by atoms with Gasteiger partial charge in [0.15, 0.2) is 11.5 Å². The quantitative estimate of drug-likeness (QED) is 0.456. The minimum absolute atomic E-state index is 0.00396. The summed E-state index contributed by atoms with van der Waals surface area (Å²) in [6.07, 6.45) is 1.51. The molecule has 1 saturated heterocycles. The SMILES string of the molecule is Cc1cc(C(=O)O)ccc1-c1ccc(/C=C2\SC(=O)N(Cc3cc4c(cc3Cl)OCO4)C2=O)o1. The molecule has 172 valence electrons. The lowest BCUT2D eigenvalue weighted by molar-refractivity contribution is -0.123. The number of carbonyl (C=O) groups excluding carboxylic acids is 2. The van der Waals surface area contributed by atoms with Gasteiger partial charge in [-0.25, -0.2) is 4.79 Å². The predicted octanol–water partition coefficient (Wildman–Crippen LogP) is 5.57. The predicted molar refractivity (Wildman–Crippen MR) is 125 cm³/mol. The summed E-state index contributed by atoms with van der Waals surface area (Å²) in [6.45, 7) is 1.88. The Morgan fingerprint density at radius 2 is 1.91 bits per heavy atom. The van der Waals surface area contributed by atoms with Gasteiger partial charge in [0.2, 0.25) is 6.79 Å². The number of nitrogens with zero attached hydrogens (tertiary/aromatic N) is 1. The van der Waals surface area contributed by atoms with E-state index in [4.69, 9.17) is 30.6 Å². The second-order valence-corrected chi connectivity index (χ2v) is 9.00. The first-order valence-electron chi connectivity index (χ1n) is 10.1. The molecular weight excluding hydrogens is 482 g/mol. The Morgan fingerprint density at radius 1 is 1.15 bits per heavy atom. The summed E-state index contributed by atoms with van der Waals surface area (Å²) in [5, 5.41) is 9.08. The third-order valence-electron chi connectivity index (χ3n) is 5.38. The van der Waals surface area contributed by atoms with Gasteiger partial charge >= 0.3 is 5.97 Å². The Morgan fingerprint density at radius 3 is 2.65 bits per heavy atom. The molecule has 0 atom stereocenters. The standard InChI is InChI=1S/C24H16ClNO7S/c1-12-6-13(23(28)29)2-4-16(12)18-5-3-15(33-18)8-21-22(27)26(24(30)34-21)10-14-7-19-20(9-17(14)25)32-11-31-19/h2-9H,10-11H2,1H3,(H,28,29)/b21-8-. The highest BCUT2D eigenvalue weighted by Crippen LogP contribution is 2.39. The molecule has 3 heterocycles. The van der Waals surface area contributed by atoms with E-state index in [9.17, 15) is 14.4 Å². The van der Waals surface area contributed by atoms with Gasteiger partial charge in [-0.05, 0) is 60.1 Å². The number of carboxylic acid groups (broad SMARTS) is 1. The molecule has 2 amide bonds. The van der Waals surface area contributed by atoms with Crippen molar-refractivity contribution >= 4 is 46.6 Å². The largest absolute Gasteiger partial charge is 0.478 e. The van der Waals surface area contributed by atoms with Crippen molar-refractivity contribution in [2.75, 3.05) is 6.79 Å². The van der Waals surface area contributed by atoms with Gasteiger partial charge in [-0.15, -0.1) is 0 Å². The number of aromatic carboxylic acids is 1. The van der Waals surface area contributed by atoms with Gasteiger partial charge in [0, 0.05) is 22.7 Å². The Labute approximate surface area is 202 Å². The number of hydrogen-bond donors (Lipinski definition) is 1. The van der Waals surface area contributed by atoms with Crippen LogP contribution in [0, 0.1) is 6.92 Å². The van der Waals surface area contributed by atoms with Crippen LogP contribution in [0.5, 0.6) is 11.5 Å². The lowest BCUT2D eigenvalue weighted by Crippen LogP contribution is -2.27. The van der Waals surface area contributed by atoms with E-state index in [0.29, 0.717) is 33.6 Å². The van der Waals surface area contributed by atoms with Crippen LogP contribution >= 0.6 is 23.4 Å². The van der Waals surface area contributed by atoms with Crippen molar-refractivity contribution in [1.82, 2.24) is 4.90 Å². The molecule has 0 radical (unpaired) electrons. The van der Waals surface area contributed by atoms with Gasteiger partial charge in [0.1, 0.15) is 11.5 Å². The molecule has 0 unspecified atom stereocenters. The van der Waals surface area contributed by atoms with E-state index in [1.165, 1.54) is 12.1 Å². The molecule has 2 aliphatic rings. The highest BCUT2D eigenvalue weighted by atomic mass is 35.5. The number of imide groups is 1. The fraction of sp³-hybridized carbons (Fsp3) is 0.125. The first-order chi connectivity index (χ1) is 16.3. The van der Waals surface area contributed by atoms with E-state index in [-0.39, 0.29) is 23.8 Å². The first-order valence-corrected chi connectivity index (χ1v) is 11.3. The molecule has 3 aromatic rings. The number of benzene rings is 2. The van der Waals surface area contributed by atoms with Crippen molar-refractivity contribution in [3.8, 4) is 22.8 Å². The zero-order chi connectivity index (χ0) is 24.0. The van der Waals surface area contributed by atoms with Crippen molar-refractivity contribution in [2.24, 2.45) is 0 Å². The number of rotatable bonds is 5. The van der Waals surface area contributed by atoms with Crippen molar-refractivity contribution in [1.29, 1.82) is 0 Å². The van der Waals surface area contributed by atoms with E-state index in [0.717, 1.165) is 27.8 Å². The van der Waals surface area contributed by atoms with Gasteiger partial charge in [0.05, 0.1) is 17.0 Å². The van der Waals surface area contributed by atoms with E-state index < -0.39 is 17.1 Å². The summed E-state index contributed by atoms with van der Waals surface area (Å²) in [7, 11) is 0.